The first-order chi connectivity index (χ1) is 7.74. The molecule has 6 nitrogen and oxygen atoms in total. The van der Waals surface area contributed by atoms with Crippen molar-refractivity contribution in [1.29, 1.82) is 0 Å². The Morgan fingerprint density at radius 1 is 1.69 bits per heavy atom. The quantitative estimate of drug-likeness (QED) is 0.477. The molecule has 1 rings (SSSR count). The van der Waals surface area contributed by atoms with E-state index in [0.717, 1.165) is 0 Å². The minimum atomic E-state index is -0.174. The number of aliphatic hydroxyl groups is 1. The molecule has 1 heterocycles. The van der Waals surface area contributed by atoms with Crippen LogP contribution in [0.4, 0.5) is 5.69 Å². The fraction of sp³-hybridized carbons (Fsp3) is 0.400. The number of carbonyl (C=O) groups is 1. The maximum absolute atomic E-state index is 12.0. The lowest BCUT2D eigenvalue weighted by atomic mass is 10.2. The van der Waals surface area contributed by atoms with E-state index < -0.39 is 0 Å². The summed E-state index contributed by atoms with van der Waals surface area (Å²) in [6.07, 6.45) is 3.01. The zero-order chi connectivity index (χ0) is 12.0. The molecular weight excluding hydrogens is 208 g/mol. The number of anilines is 1. The number of nitrogens with zero attached hydrogens (tertiary/aromatic N) is 2. The molecule has 0 aromatic carbocycles. The number of hydrogen-bond donors (Lipinski definition) is 3. The molecule has 0 unspecified atom stereocenters. The summed E-state index contributed by atoms with van der Waals surface area (Å²) >= 11 is 0. The van der Waals surface area contributed by atoms with E-state index in [4.69, 9.17) is 10.9 Å². The van der Waals surface area contributed by atoms with Crippen LogP contribution < -0.4 is 11.3 Å². The molecule has 0 saturated heterocycles. The van der Waals surface area contributed by atoms with Crippen LogP contribution >= 0.6 is 0 Å². The molecular formula is C10H16N4O2. The molecule has 0 aliphatic carbocycles. The molecule has 0 fully saturated rings. The average molecular weight is 224 g/mol. The fourth-order valence-corrected chi connectivity index (χ4v) is 1.39. The molecule has 0 bridgehead atoms. The third-order valence-corrected chi connectivity index (χ3v) is 2.25. The van der Waals surface area contributed by atoms with E-state index in [1.165, 1.54) is 17.3 Å². The summed E-state index contributed by atoms with van der Waals surface area (Å²) in [4.78, 5) is 17.4. The predicted octanol–water partition coefficient (Wildman–Crippen LogP) is -0.178. The van der Waals surface area contributed by atoms with Crippen LogP contribution in [0.25, 0.3) is 0 Å². The van der Waals surface area contributed by atoms with Gasteiger partial charge in [-0.15, -0.1) is 0 Å². The number of nitrogen functional groups attached to an aromatic ring is 1. The molecule has 0 atom stereocenters. The molecule has 88 valence electrons. The van der Waals surface area contributed by atoms with Gasteiger partial charge in [-0.05, 0) is 13.0 Å². The Hall–Kier alpha value is -1.66. The number of amides is 1. The van der Waals surface area contributed by atoms with Gasteiger partial charge in [0.25, 0.3) is 5.91 Å². The summed E-state index contributed by atoms with van der Waals surface area (Å²) in [5, 5.41) is 8.84. The lowest BCUT2D eigenvalue weighted by molar-refractivity contribution is 0.0733. The molecule has 6 heteroatoms. The topological polar surface area (TPSA) is 91.5 Å². The Morgan fingerprint density at radius 3 is 3.00 bits per heavy atom. The smallest absolute Gasteiger partial charge is 0.256 e. The number of hydrazine groups is 1. The van der Waals surface area contributed by atoms with Gasteiger partial charge in [0.1, 0.15) is 0 Å². The molecule has 0 radical (unpaired) electrons. The number of likely N-dealkylation sites (N-methyl/N-ethyl adjacent to an activating group) is 1. The lowest BCUT2D eigenvalue weighted by Gasteiger charge is -2.20. The lowest BCUT2D eigenvalue weighted by Crippen LogP contribution is -2.34. The van der Waals surface area contributed by atoms with E-state index >= 15 is 0 Å². The molecule has 0 aliphatic heterocycles. The Kier molecular flexibility index (Phi) is 4.68. The van der Waals surface area contributed by atoms with Crippen LogP contribution in [0.15, 0.2) is 18.5 Å². The Balaban J connectivity index is 2.93. The molecule has 1 aromatic heterocycles. The van der Waals surface area contributed by atoms with Gasteiger partial charge in [0, 0.05) is 19.3 Å². The highest BCUT2D eigenvalue weighted by Crippen LogP contribution is 2.14. The van der Waals surface area contributed by atoms with Crippen molar-refractivity contribution in [3.8, 4) is 0 Å². The Bertz CT molecular complexity index is 356. The third-order valence-electron chi connectivity index (χ3n) is 2.25. The van der Waals surface area contributed by atoms with Crippen molar-refractivity contribution >= 4 is 11.6 Å². The summed E-state index contributed by atoms with van der Waals surface area (Å²) in [6.45, 7) is 2.63. The Morgan fingerprint density at radius 2 is 2.44 bits per heavy atom. The normalized spacial score (nSPS) is 9.94. The van der Waals surface area contributed by atoms with Crippen LogP contribution in [0, 0.1) is 0 Å². The van der Waals surface area contributed by atoms with Gasteiger partial charge in [-0.2, -0.15) is 0 Å². The molecule has 0 saturated carbocycles. The highest BCUT2D eigenvalue weighted by Gasteiger charge is 2.16. The van der Waals surface area contributed by atoms with Crippen LogP contribution in [0.3, 0.4) is 0 Å². The second kappa shape index (κ2) is 6.04. The summed E-state index contributed by atoms with van der Waals surface area (Å²) in [5.41, 5.74) is 3.35. The maximum atomic E-state index is 12.0. The van der Waals surface area contributed by atoms with Crippen molar-refractivity contribution in [2.75, 3.05) is 25.1 Å². The van der Waals surface area contributed by atoms with Gasteiger partial charge in [0.05, 0.1) is 24.1 Å². The molecule has 4 N–H and O–H groups in total. The van der Waals surface area contributed by atoms with Crippen molar-refractivity contribution in [2.45, 2.75) is 6.92 Å². The zero-order valence-electron chi connectivity index (χ0n) is 9.18. The summed E-state index contributed by atoms with van der Waals surface area (Å²) < 4.78 is 0. The Labute approximate surface area is 94.1 Å². The van der Waals surface area contributed by atoms with Crippen molar-refractivity contribution in [3.63, 3.8) is 0 Å². The van der Waals surface area contributed by atoms with Gasteiger partial charge in [-0.3, -0.25) is 15.6 Å². The zero-order valence-corrected chi connectivity index (χ0v) is 9.18. The van der Waals surface area contributed by atoms with Crippen molar-refractivity contribution in [1.82, 2.24) is 9.88 Å². The van der Waals surface area contributed by atoms with E-state index in [9.17, 15) is 4.79 Å². The maximum Gasteiger partial charge on any atom is 0.256 e. The van der Waals surface area contributed by atoms with Crippen molar-refractivity contribution in [2.24, 2.45) is 5.84 Å². The van der Waals surface area contributed by atoms with E-state index in [1.54, 1.807) is 6.07 Å². The first-order valence-electron chi connectivity index (χ1n) is 5.05. The van der Waals surface area contributed by atoms with Gasteiger partial charge in [-0.25, -0.2) is 0 Å². The highest BCUT2D eigenvalue weighted by molar-refractivity contribution is 5.99. The summed E-state index contributed by atoms with van der Waals surface area (Å²) in [6, 6.07) is 1.59. The van der Waals surface area contributed by atoms with Gasteiger partial charge < -0.3 is 15.4 Å². The van der Waals surface area contributed by atoms with E-state index in [2.05, 4.69) is 10.4 Å². The summed E-state index contributed by atoms with van der Waals surface area (Å²) in [5.74, 6) is 5.12. The number of carbonyl (C=O) groups excluding carboxylic acids is 1. The molecule has 16 heavy (non-hydrogen) atoms. The number of pyridine rings is 1. The molecule has 0 aliphatic rings. The van der Waals surface area contributed by atoms with Crippen LogP contribution in [-0.2, 0) is 0 Å². The average Bonchev–Trinajstić information content (AvgIpc) is 2.35. The minimum Gasteiger partial charge on any atom is -0.395 e. The van der Waals surface area contributed by atoms with Crippen molar-refractivity contribution < 1.29 is 9.90 Å². The first kappa shape index (κ1) is 12.4. The largest absolute Gasteiger partial charge is 0.395 e. The van der Waals surface area contributed by atoms with Gasteiger partial charge in [0.15, 0.2) is 0 Å². The first-order valence-corrected chi connectivity index (χ1v) is 5.05. The second-order valence-corrected chi connectivity index (χ2v) is 3.17. The third kappa shape index (κ3) is 2.68. The molecule has 0 spiro atoms. The minimum absolute atomic E-state index is 0.0595. The van der Waals surface area contributed by atoms with Gasteiger partial charge in [0.2, 0.25) is 0 Å². The van der Waals surface area contributed by atoms with Crippen LogP contribution in [0.2, 0.25) is 0 Å². The van der Waals surface area contributed by atoms with Crippen LogP contribution in [0.1, 0.15) is 17.3 Å². The number of hydrogen-bond acceptors (Lipinski definition) is 5. The van der Waals surface area contributed by atoms with Crippen LogP contribution in [-0.4, -0.2) is 40.6 Å². The van der Waals surface area contributed by atoms with E-state index in [0.29, 0.717) is 24.3 Å². The number of nitrogens with one attached hydrogen (secondary N) is 1. The number of nitrogens with two attached hydrogens (primary N) is 1. The van der Waals surface area contributed by atoms with E-state index in [1.807, 2.05) is 6.92 Å². The van der Waals surface area contributed by atoms with Gasteiger partial charge >= 0.3 is 0 Å². The van der Waals surface area contributed by atoms with Crippen molar-refractivity contribution in [3.05, 3.63) is 24.0 Å². The molecule has 1 amide bonds. The fourth-order valence-electron chi connectivity index (χ4n) is 1.39. The number of aromatic nitrogens is 1. The molecule has 1 aromatic rings. The van der Waals surface area contributed by atoms with E-state index in [-0.39, 0.29) is 12.5 Å². The van der Waals surface area contributed by atoms with Gasteiger partial charge in [-0.1, -0.05) is 0 Å². The number of aliphatic hydroxyl groups excluding tert-OH is 1. The monoisotopic (exact) mass is 224 g/mol. The highest BCUT2D eigenvalue weighted by atomic mass is 16.3. The standard InChI is InChI=1S/C10H16N4O2/c1-2-14(5-6-15)10(16)8-3-4-12-7-9(8)13-11/h3-4,7,13,15H,2,5-6,11H2,1H3. The number of rotatable bonds is 5. The SMILES string of the molecule is CCN(CCO)C(=O)c1ccncc1NN. The second-order valence-electron chi connectivity index (χ2n) is 3.17. The predicted molar refractivity (Wildman–Crippen MR) is 60.7 cm³/mol. The summed E-state index contributed by atoms with van der Waals surface area (Å²) in [7, 11) is 0. The van der Waals surface area contributed by atoms with Crippen LogP contribution in [0.5, 0.6) is 0 Å².